The van der Waals surface area contributed by atoms with Crippen molar-refractivity contribution in [3.05, 3.63) is 0 Å². The van der Waals surface area contributed by atoms with Crippen LogP contribution in [0.25, 0.3) is 0 Å². The molecule has 0 aliphatic rings. The van der Waals surface area contributed by atoms with Crippen molar-refractivity contribution in [3.8, 4) is 0 Å². The Balaban J connectivity index is 4.25. The lowest BCUT2D eigenvalue weighted by Gasteiger charge is -2.36. The van der Waals surface area contributed by atoms with Crippen LogP contribution in [0.5, 0.6) is 0 Å². The lowest BCUT2D eigenvalue weighted by molar-refractivity contribution is 0.0401. The number of nitrogens with two attached hydrogens (primary N) is 1. The summed E-state index contributed by atoms with van der Waals surface area (Å²) in [5.41, 5.74) is 5.39. The van der Waals surface area contributed by atoms with Crippen LogP contribution in [0, 0.1) is 5.41 Å². The van der Waals surface area contributed by atoms with Crippen molar-refractivity contribution in [2.45, 2.75) is 65.5 Å². The van der Waals surface area contributed by atoms with Gasteiger partial charge in [0, 0.05) is 5.54 Å². The zero-order valence-electron chi connectivity index (χ0n) is 9.94. The standard InChI is InChI=1S/C11H25NO/c1-9(2,3)7-11(6,12)8-10(4,5)13/h13H,7-8,12H2,1-6H3. The SMILES string of the molecule is CC(C)(C)CC(C)(N)CC(C)(C)O. The Kier molecular flexibility index (Phi) is 3.56. The number of hydrogen-bond donors (Lipinski definition) is 2. The van der Waals surface area contributed by atoms with E-state index in [4.69, 9.17) is 5.73 Å². The fraction of sp³-hybridized carbons (Fsp3) is 1.00. The second-order valence-corrected chi connectivity index (χ2v) is 6.38. The summed E-state index contributed by atoms with van der Waals surface area (Å²) in [6.45, 7) is 12.1. The maximum Gasteiger partial charge on any atom is 0.0609 e. The van der Waals surface area contributed by atoms with Gasteiger partial charge in [-0.3, -0.25) is 0 Å². The number of rotatable bonds is 3. The highest BCUT2D eigenvalue weighted by molar-refractivity contribution is 4.89. The Morgan fingerprint density at radius 1 is 0.923 bits per heavy atom. The fourth-order valence-corrected chi connectivity index (χ4v) is 2.26. The molecule has 80 valence electrons. The molecule has 0 rings (SSSR count). The van der Waals surface area contributed by atoms with Crippen LogP contribution in [0.15, 0.2) is 0 Å². The summed E-state index contributed by atoms with van der Waals surface area (Å²) in [6, 6.07) is 0. The van der Waals surface area contributed by atoms with Gasteiger partial charge in [0.2, 0.25) is 0 Å². The first-order valence-electron chi connectivity index (χ1n) is 4.93. The highest BCUT2D eigenvalue weighted by atomic mass is 16.3. The molecule has 0 saturated heterocycles. The maximum absolute atomic E-state index is 9.67. The van der Waals surface area contributed by atoms with Gasteiger partial charge >= 0.3 is 0 Å². The predicted molar refractivity (Wildman–Crippen MR) is 57.6 cm³/mol. The minimum absolute atomic E-state index is 0.217. The first-order valence-corrected chi connectivity index (χ1v) is 4.93. The molecule has 0 bridgehead atoms. The Hall–Kier alpha value is -0.0800. The molecule has 2 heteroatoms. The van der Waals surface area contributed by atoms with Crippen LogP contribution in [-0.2, 0) is 0 Å². The van der Waals surface area contributed by atoms with E-state index in [9.17, 15) is 5.11 Å². The van der Waals surface area contributed by atoms with Gasteiger partial charge in [-0.25, -0.2) is 0 Å². The molecule has 0 saturated carbocycles. The molecule has 0 amide bonds. The monoisotopic (exact) mass is 187 g/mol. The van der Waals surface area contributed by atoms with Crippen molar-refractivity contribution in [2.24, 2.45) is 11.1 Å². The molecule has 0 aromatic rings. The molecule has 0 fully saturated rings. The predicted octanol–water partition coefficient (Wildman–Crippen LogP) is 2.30. The second kappa shape index (κ2) is 3.58. The molecule has 0 spiro atoms. The Morgan fingerprint density at radius 2 is 1.31 bits per heavy atom. The van der Waals surface area contributed by atoms with Gasteiger partial charge in [-0.15, -0.1) is 0 Å². The average Bonchev–Trinajstić information content (AvgIpc) is 1.43. The molecule has 0 heterocycles. The van der Waals surface area contributed by atoms with E-state index >= 15 is 0 Å². The van der Waals surface area contributed by atoms with Gasteiger partial charge in [-0.05, 0) is 39.0 Å². The normalized spacial score (nSPS) is 18.5. The van der Waals surface area contributed by atoms with Gasteiger partial charge in [0.15, 0.2) is 0 Å². The van der Waals surface area contributed by atoms with Gasteiger partial charge in [0.05, 0.1) is 5.60 Å². The first kappa shape index (κ1) is 12.9. The molecule has 0 aromatic carbocycles. The Morgan fingerprint density at radius 3 is 1.54 bits per heavy atom. The molecule has 0 radical (unpaired) electrons. The van der Waals surface area contributed by atoms with Crippen molar-refractivity contribution in [2.75, 3.05) is 0 Å². The number of hydrogen-bond acceptors (Lipinski definition) is 2. The molecule has 0 aliphatic heterocycles. The molecule has 3 N–H and O–H groups in total. The maximum atomic E-state index is 9.67. The lowest BCUT2D eigenvalue weighted by atomic mass is 9.76. The van der Waals surface area contributed by atoms with Crippen molar-refractivity contribution in [3.63, 3.8) is 0 Å². The summed E-state index contributed by atoms with van der Waals surface area (Å²) in [4.78, 5) is 0. The third-order valence-corrected chi connectivity index (χ3v) is 1.77. The Labute approximate surface area is 82.5 Å². The smallest absolute Gasteiger partial charge is 0.0609 e. The van der Waals surface area contributed by atoms with Crippen molar-refractivity contribution >= 4 is 0 Å². The van der Waals surface area contributed by atoms with Crippen molar-refractivity contribution < 1.29 is 5.11 Å². The molecular weight excluding hydrogens is 162 g/mol. The van der Waals surface area contributed by atoms with Gasteiger partial charge in [0.25, 0.3) is 0 Å². The van der Waals surface area contributed by atoms with E-state index in [1.165, 1.54) is 0 Å². The van der Waals surface area contributed by atoms with E-state index in [0.29, 0.717) is 6.42 Å². The van der Waals surface area contributed by atoms with Gasteiger partial charge in [-0.2, -0.15) is 0 Å². The third-order valence-electron chi connectivity index (χ3n) is 1.77. The number of aliphatic hydroxyl groups is 1. The highest BCUT2D eigenvalue weighted by Gasteiger charge is 2.31. The van der Waals surface area contributed by atoms with Crippen LogP contribution in [0.2, 0.25) is 0 Å². The zero-order valence-corrected chi connectivity index (χ0v) is 9.94. The largest absolute Gasteiger partial charge is 0.390 e. The summed E-state index contributed by atoms with van der Waals surface area (Å²) in [7, 11) is 0. The van der Waals surface area contributed by atoms with E-state index in [1.54, 1.807) is 13.8 Å². The molecule has 0 aliphatic carbocycles. The molecule has 0 aromatic heterocycles. The summed E-state index contributed by atoms with van der Waals surface area (Å²) >= 11 is 0. The van der Waals surface area contributed by atoms with E-state index in [1.807, 2.05) is 6.92 Å². The first-order chi connectivity index (χ1) is 5.41. The van der Waals surface area contributed by atoms with Gasteiger partial charge in [-0.1, -0.05) is 20.8 Å². The summed E-state index contributed by atoms with van der Waals surface area (Å²) in [6.07, 6.45) is 1.56. The van der Waals surface area contributed by atoms with E-state index in [0.717, 1.165) is 6.42 Å². The van der Waals surface area contributed by atoms with Crippen LogP contribution in [-0.4, -0.2) is 16.2 Å². The average molecular weight is 187 g/mol. The minimum Gasteiger partial charge on any atom is -0.390 e. The lowest BCUT2D eigenvalue weighted by Crippen LogP contribution is -2.45. The second-order valence-electron chi connectivity index (χ2n) is 6.38. The van der Waals surface area contributed by atoms with Crippen LogP contribution in [0.4, 0.5) is 0 Å². The molecule has 13 heavy (non-hydrogen) atoms. The summed E-state index contributed by atoms with van der Waals surface area (Å²) in [5.74, 6) is 0. The molecule has 1 atom stereocenters. The van der Waals surface area contributed by atoms with E-state index in [2.05, 4.69) is 20.8 Å². The fourth-order valence-electron chi connectivity index (χ4n) is 2.26. The van der Waals surface area contributed by atoms with Gasteiger partial charge < -0.3 is 10.8 Å². The van der Waals surface area contributed by atoms with E-state index < -0.39 is 5.60 Å². The van der Waals surface area contributed by atoms with Crippen LogP contribution in [0.3, 0.4) is 0 Å². The Bertz CT molecular complexity index is 142. The van der Waals surface area contributed by atoms with Gasteiger partial charge in [0.1, 0.15) is 0 Å². The van der Waals surface area contributed by atoms with E-state index in [-0.39, 0.29) is 11.0 Å². The van der Waals surface area contributed by atoms with Crippen LogP contribution >= 0.6 is 0 Å². The molecule has 2 nitrogen and oxygen atoms in total. The van der Waals surface area contributed by atoms with Crippen molar-refractivity contribution in [1.29, 1.82) is 0 Å². The topological polar surface area (TPSA) is 46.2 Å². The summed E-state index contributed by atoms with van der Waals surface area (Å²) < 4.78 is 0. The molecular formula is C11H25NO. The zero-order chi connectivity index (χ0) is 10.9. The summed E-state index contributed by atoms with van der Waals surface area (Å²) in [5, 5.41) is 9.67. The third kappa shape index (κ3) is 8.26. The van der Waals surface area contributed by atoms with Crippen LogP contribution in [0.1, 0.15) is 54.4 Å². The quantitative estimate of drug-likeness (QED) is 0.712. The van der Waals surface area contributed by atoms with Crippen LogP contribution < -0.4 is 5.73 Å². The minimum atomic E-state index is -0.672. The van der Waals surface area contributed by atoms with Crippen molar-refractivity contribution in [1.82, 2.24) is 0 Å². The molecule has 1 unspecified atom stereocenters. The highest BCUT2D eigenvalue weighted by Crippen LogP contribution is 2.30.